The molecule has 1 aromatic carbocycles. The van der Waals surface area contributed by atoms with Crippen LogP contribution in [0, 0.1) is 17.6 Å². The fraction of sp³-hybridized carbons (Fsp3) is 0.333. The third-order valence-electron chi connectivity index (χ3n) is 2.90. The molecule has 102 valence electrons. The summed E-state index contributed by atoms with van der Waals surface area (Å²) in [5.41, 5.74) is -0.230. The topological polar surface area (TPSA) is 69.6 Å². The van der Waals surface area contributed by atoms with E-state index in [0.717, 1.165) is 6.07 Å². The molecule has 1 aromatic rings. The number of benzene rings is 1. The average Bonchev–Trinajstić information content (AvgIpc) is 2.28. The number of carboxylic acids is 1. The summed E-state index contributed by atoms with van der Waals surface area (Å²) < 4.78 is 26.2. The van der Waals surface area contributed by atoms with Gasteiger partial charge in [0.1, 0.15) is 0 Å². The Bertz CT molecular complexity index is 516. The van der Waals surface area contributed by atoms with Crippen LogP contribution < -0.4 is 5.32 Å². The zero-order valence-corrected chi connectivity index (χ0v) is 9.90. The summed E-state index contributed by atoms with van der Waals surface area (Å²) in [5.74, 6) is -3.15. The Labute approximate surface area is 107 Å². The third kappa shape index (κ3) is 2.98. The number of likely N-dealkylation sites (tertiary alicyclic amines) is 1. The fourth-order valence-electron chi connectivity index (χ4n) is 1.91. The number of anilines is 1. The van der Waals surface area contributed by atoms with Gasteiger partial charge in [0.25, 0.3) is 0 Å². The summed E-state index contributed by atoms with van der Waals surface area (Å²) in [5, 5.41) is 10.8. The van der Waals surface area contributed by atoms with E-state index in [-0.39, 0.29) is 18.0 Å². The van der Waals surface area contributed by atoms with Crippen molar-refractivity contribution in [1.29, 1.82) is 0 Å². The van der Waals surface area contributed by atoms with E-state index in [1.807, 2.05) is 0 Å². The monoisotopic (exact) mass is 270 g/mol. The number of hydrogen-bond acceptors (Lipinski definition) is 2. The number of amides is 2. The third-order valence-corrected chi connectivity index (χ3v) is 2.90. The summed E-state index contributed by atoms with van der Waals surface area (Å²) in [6.07, 6.45) is -0.00188. The highest BCUT2D eigenvalue weighted by Gasteiger charge is 2.32. The van der Waals surface area contributed by atoms with Crippen molar-refractivity contribution in [2.24, 2.45) is 5.92 Å². The lowest BCUT2D eigenvalue weighted by Crippen LogP contribution is -2.52. The van der Waals surface area contributed by atoms with Gasteiger partial charge in [-0.25, -0.2) is 13.6 Å². The van der Waals surface area contributed by atoms with Crippen molar-refractivity contribution in [3.8, 4) is 0 Å². The quantitative estimate of drug-likeness (QED) is 0.881. The molecule has 2 amide bonds. The minimum atomic E-state index is -1.11. The molecule has 2 N–H and O–H groups in total. The summed E-state index contributed by atoms with van der Waals surface area (Å²) >= 11 is 0. The number of aliphatic carboxylic acids is 1. The molecule has 19 heavy (non-hydrogen) atoms. The number of urea groups is 1. The number of carbonyl (C=O) groups is 2. The number of rotatable bonds is 3. The van der Waals surface area contributed by atoms with Crippen molar-refractivity contribution < 1.29 is 23.5 Å². The lowest BCUT2D eigenvalue weighted by atomic mass is 9.97. The maximum atomic E-state index is 13.3. The highest BCUT2D eigenvalue weighted by Crippen LogP contribution is 2.22. The maximum Gasteiger partial charge on any atom is 0.321 e. The van der Waals surface area contributed by atoms with Gasteiger partial charge >= 0.3 is 12.0 Å². The van der Waals surface area contributed by atoms with Crippen molar-refractivity contribution in [2.75, 3.05) is 18.4 Å². The Morgan fingerprint density at radius 3 is 2.68 bits per heavy atom. The highest BCUT2D eigenvalue weighted by molar-refractivity contribution is 5.90. The van der Waals surface area contributed by atoms with Gasteiger partial charge in [-0.05, 0) is 12.1 Å². The minimum Gasteiger partial charge on any atom is -0.481 e. The van der Waals surface area contributed by atoms with Crippen molar-refractivity contribution in [1.82, 2.24) is 4.90 Å². The molecule has 0 aromatic heterocycles. The first-order valence-corrected chi connectivity index (χ1v) is 5.69. The predicted octanol–water partition coefficient (Wildman–Crippen LogP) is 1.90. The lowest BCUT2D eigenvalue weighted by Gasteiger charge is -2.38. The molecule has 7 heteroatoms. The van der Waals surface area contributed by atoms with E-state index in [9.17, 15) is 18.4 Å². The Kier molecular flexibility index (Phi) is 3.64. The molecule has 0 saturated carbocycles. The van der Waals surface area contributed by atoms with Gasteiger partial charge < -0.3 is 15.3 Å². The standard InChI is InChI=1S/C12H12F2N2O3/c13-8-2-1-3-9(11(8)14)15-12(19)16-5-7(6-16)4-10(17)18/h1-3,7H,4-6H2,(H,15,19)(H,17,18). The Morgan fingerprint density at radius 1 is 1.37 bits per heavy atom. The second kappa shape index (κ2) is 5.21. The van der Waals surface area contributed by atoms with Gasteiger partial charge in [0.15, 0.2) is 11.6 Å². The van der Waals surface area contributed by atoms with Crippen molar-refractivity contribution in [2.45, 2.75) is 6.42 Å². The van der Waals surface area contributed by atoms with Crippen LogP contribution in [-0.4, -0.2) is 35.1 Å². The van der Waals surface area contributed by atoms with E-state index >= 15 is 0 Å². The van der Waals surface area contributed by atoms with Crippen LogP contribution in [0.3, 0.4) is 0 Å². The molecule has 0 atom stereocenters. The van der Waals surface area contributed by atoms with E-state index in [4.69, 9.17) is 5.11 Å². The van der Waals surface area contributed by atoms with E-state index in [1.54, 1.807) is 0 Å². The Hall–Kier alpha value is -2.18. The van der Waals surface area contributed by atoms with Crippen LogP contribution in [0.25, 0.3) is 0 Å². The van der Waals surface area contributed by atoms with Gasteiger partial charge in [-0.15, -0.1) is 0 Å². The minimum absolute atomic E-state index is 0.00188. The number of carbonyl (C=O) groups excluding carboxylic acids is 1. The zero-order chi connectivity index (χ0) is 14.0. The lowest BCUT2D eigenvalue weighted by molar-refractivity contribution is -0.139. The molecular weight excluding hydrogens is 258 g/mol. The van der Waals surface area contributed by atoms with Crippen molar-refractivity contribution in [3.63, 3.8) is 0 Å². The van der Waals surface area contributed by atoms with Crippen LogP contribution >= 0.6 is 0 Å². The number of halogens is 2. The largest absolute Gasteiger partial charge is 0.481 e. The predicted molar refractivity (Wildman–Crippen MR) is 62.7 cm³/mol. The van der Waals surface area contributed by atoms with E-state index in [2.05, 4.69) is 5.32 Å². The molecule has 1 fully saturated rings. The summed E-state index contributed by atoms with van der Waals surface area (Å²) in [6.45, 7) is 0.601. The van der Waals surface area contributed by atoms with Crippen LogP contribution in [0.5, 0.6) is 0 Å². The normalized spacial score (nSPS) is 14.9. The van der Waals surface area contributed by atoms with E-state index in [1.165, 1.54) is 17.0 Å². The number of nitrogens with zero attached hydrogens (tertiary/aromatic N) is 1. The first-order valence-electron chi connectivity index (χ1n) is 5.69. The first kappa shape index (κ1) is 13.3. The zero-order valence-electron chi connectivity index (χ0n) is 9.90. The molecule has 0 bridgehead atoms. The molecule has 1 aliphatic heterocycles. The number of nitrogens with one attached hydrogen (secondary N) is 1. The first-order chi connectivity index (χ1) is 8.97. The van der Waals surface area contributed by atoms with Gasteiger partial charge in [-0.2, -0.15) is 0 Å². The maximum absolute atomic E-state index is 13.3. The van der Waals surface area contributed by atoms with Gasteiger partial charge in [0, 0.05) is 19.0 Å². The molecular formula is C12H12F2N2O3. The van der Waals surface area contributed by atoms with Crippen molar-refractivity contribution >= 4 is 17.7 Å². The van der Waals surface area contributed by atoms with Crippen LogP contribution in [0.15, 0.2) is 18.2 Å². The molecule has 0 unspecified atom stereocenters. The smallest absolute Gasteiger partial charge is 0.321 e. The summed E-state index contributed by atoms with van der Waals surface area (Å²) in [4.78, 5) is 23.5. The molecule has 5 nitrogen and oxygen atoms in total. The second-order valence-electron chi connectivity index (χ2n) is 4.40. The molecule has 0 spiro atoms. The van der Waals surface area contributed by atoms with Gasteiger partial charge in [-0.1, -0.05) is 6.07 Å². The van der Waals surface area contributed by atoms with Gasteiger partial charge in [0.2, 0.25) is 0 Å². The molecule has 0 radical (unpaired) electrons. The van der Waals surface area contributed by atoms with E-state index < -0.39 is 23.6 Å². The summed E-state index contributed by atoms with van der Waals surface area (Å²) in [7, 11) is 0. The van der Waals surface area contributed by atoms with E-state index in [0.29, 0.717) is 13.1 Å². The van der Waals surface area contributed by atoms with Crippen LogP contribution in [0.2, 0.25) is 0 Å². The summed E-state index contributed by atoms with van der Waals surface area (Å²) in [6, 6.07) is 2.94. The SMILES string of the molecule is O=C(O)CC1CN(C(=O)Nc2cccc(F)c2F)C1. The molecule has 1 saturated heterocycles. The fourth-order valence-corrected chi connectivity index (χ4v) is 1.91. The van der Waals surface area contributed by atoms with Crippen LogP contribution in [-0.2, 0) is 4.79 Å². The number of carboxylic acid groups (broad SMARTS) is 1. The Balaban J connectivity index is 1.89. The Morgan fingerprint density at radius 2 is 2.05 bits per heavy atom. The molecule has 1 aliphatic rings. The van der Waals surface area contributed by atoms with Crippen molar-refractivity contribution in [3.05, 3.63) is 29.8 Å². The molecule has 2 rings (SSSR count). The van der Waals surface area contributed by atoms with Crippen LogP contribution in [0.4, 0.5) is 19.3 Å². The highest BCUT2D eigenvalue weighted by atomic mass is 19.2. The number of hydrogen-bond donors (Lipinski definition) is 2. The van der Waals surface area contributed by atoms with Crippen LogP contribution in [0.1, 0.15) is 6.42 Å². The van der Waals surface area contributed by atoms with Gasteiger partial charge in [-0.3, -0.25) is 4.79 Å². The van der Waals surface area contributed by atoms with Gasteiger partial charge in [0.05, 0.1) is 12.1 Å². The average molecular weight is 270 g/mol. The molecule has 1 heterocycles. The molecule has 0 aliphatic carbocycles. The second-order valence-corrected chi connectivity index (χ2v) is 4.40.